The van der Waals surface area contributed by atoms with Crippen LogP contribution in [0.3, 0.4) is 0 Å². The molecule has 0 aliphatic carbocycles. The Morgan fingerprint density at radius 2 is 2.05 bits per heavy atom. The Morgan fingerprint density at radius 3 is 2.73 bits per heavy atom. The average molecular weight is 309 g/mol. The standard InChI is InChI=1S/C15H17F2N3O2/c16-12-2-1-11(7-13(12)17)14(15-19-9-22-20-15)18-8-10-3-5-21-6-4-10/h1-2,7,9-10,14,18H,3-6,8H2/t14-/m0/s1. The third-order valence-electron chi connectivity index (χ3n) is 3.87. The first-order valence-corrected chi connectivity index (χ1v) is 7.26. The van der Waals surface area contributed by atoms with E-state index in [2.05, 4.69) is 15.5 Å². The van der Waals surface area contributed by atoms with Gasteiger partial charge in [0.25, 0.3) is 0 Å². The lowest BCUT2D eigenvalue weighted by atomic mass is 9.99. The molecule has 118 valence electrons. The Hall–Kier alpha value is -1.86. The second-order valence-electron chi connectivity index (χ2n) is 5.36. The lowest BCUT2D eigenvalue weighted by Gasteiger charge is -2.24. The topological polar surface area (TPSA) is 60.2 Å². The number of benzene rings is 1. The largest absolute Gasteiger partial charge is 0.381 e. The van der Waals surface area contributed by atoms with Crippen molar-refractivity contribution in [3.8, 4) is 0 Å². The van der Waals surface area contributed by atoms with Crippen LogP contribution in [0.4, 0.5) is 8.78 Å². The molecule has 1 aromatic carbocycles. The Morgan fingerprint density at radius 1 is 1.23 bits per heavy atom. The summed E-state index contributed by atoms with van der Waals surface area (Å²) in [7, 11) is 0. The van der Waals surface area contributed by atoms with Gasteiger partial charge in [0.05, 0.1) is 6.04 Å². The molecular weight excluding hydrogens is 292 g/mol. The summed E-state index contributed by atoms with van der Waals surface area (Å²) in [6, 6.07) is 3.36. The van der Waals surface area contributed by atoms with Gasteiger partial charge in [-0.1, -0.05) is 11.2 Å². The van der Waals surface area contributed by atoms with Gasteiger partial charge in [-0.25, -0.2) is 8.78 Å². The predicted octanol–water partition coefficient (Wildman–Crippen LogP) is 2.45. The smallest absolute Gasteiger partial charge is 0.213 e. The molecule has 5 nitrogen and oxygen atoms in total. The zero-order valence-electron chi connectivity index (χ0n) is 12.0. The molecule has 2 heterocycles. The number of ether oxygens (including phenoxy) is 1. The average Bonchev–Trinajstić information content (AvgIpc) is 3.06. The van der Waals surface area contributed by atoms with Crippen molar-refractivity contribution in [2.24, 2.45) is 5.92 Å². The molecule has 0 saturated carbocycles. The van der Waals surface area contributed by atoms with Gasteiger partial charge in [0, 0.05) is 13.2 Å². The van der Waals surface area contributed by atoms with Crippen LogP contribution < -0.4 is 5.32 Å². The summed E-state index contributed by atoms with van der Waals surface area (Å²) in [4.78, 5) is 4.03. The van der Waals surface area contributed by atoms with E-state index >= 15 is 0 Å². The van der Waals surface area contributed by atoms with Crippen LogP contribution in [0.25, 0.3) is 0 Å². The molecular formula is C15H17F2N3O2. The molecule has 1 fully saturated rings. The highest BCUT2D eigenvalue weighted by Crippen LogP contribution is 2.22. The molecule has 1 saturated heterocycles. The first-order chi connectivity index (χ1) is 10.7. The fraction of sp³-hybridized carbons (Fsp3) is 0.467. The molecule has 0 unspecified atom stereocenters. The zero-order chi connectivity index (χ0) is 15.4. The lowest BCUT2D eigenvalue weighted by molar-refractivity contribution is 0.0657. The lowest BCUT2D eigenvalue weighted by Crippen LogP contribution is -2.31. The molecule has 0 bridgehead atoms. The monoisotopic (exact) mass is 309 g/mol. The maximum atomic E-state index is 13.5. The van der Waals surface area contributed by atoms with Crippen molar-refractivity contribution in [3.63, 3.8) is 0 Å². The summed E-state index contributed by atoms with van der Waals surface area (Å²) in [6.45, 7) is 2.23. The van der Waals surface area contributed by atoms with E-state index in [1.54, 1.807) is 0 Å². The number of nitrogens with one attached hydrogen (secondary N) is 1. The van der Waals surface area contributed by atoms with Crippen LogP contribution in [0.15, 0.2) is 29.1 Å². The highest BCUT2D eigenvalue weighted by atomic mass is 19.2. The Labute approximate surface area is 126 Å². The fourth-order valence-corrected chi connectivity index (χ4v) is 2.59. The Balaban J connectivity index is 1.76. The second kappa shape index (κ2) is 6.93. The van der Waals surface area contributed by atoms with Crippen LogP contribution in [0.2, 0.25) is 0 Å². The van der Waals surface area contributed by atoms with Crippen molar-refractivity contribution in [2.75, 3.05) is 19.8 Å². The highest BCUT2D eigenvalue weighted by Gasteiger charge is 2.22. The molecule has 0 amide bonds. The number of aromatic nitrogens is 2. The van der Waals surface area contributed by atoms with Gasteiger partial charge in [0.15, 0.2) is 17.5 Å². The van der Waals surface area contributed by atoms with Crippen LogP contribution in [-0.4, -0.2) is 29.9 Å². The predicted molar refractivity (Wildman–Crippen MR) is 74.0 cm³/mol. The molecule has 3 rings (SSSR count). The Kier molecular flexibility index (Phi) is 4.74. The van der Waals surface area contributed by atoms with Crippen LogP contribution >= 0.6 is 0 Å². The van der Waals surface area contributed by atoms with Gasteiger partial charge >= 0.3 is 0 Å². The van der Waals surface area contributed by atoms with Crippen LogP contribution in [0.1, 0.15) is 30.3 Å². The first-order valence-electron chi connectivity index (χ1n) is 7.26. The van der Waals surface area contributed by atoms with E-state index in [1.165, 1.54) is 12.5 Å². The number of hydrogen-bond donors (Lipinski definition) is 1. The summed E-state index contributed by atoms with van der Waals surface area (Å²) in [6.07, 6.45) is 3.17. The summed E-state index contributed by atoms with van der Waals surface area (Å²) < 4.78 is 36.7. The molecule has 2 aromatic rings. The number of hydrogen-bond acceptors (Lipinski definition) is 5. The quantitative estimate of drug-likeness (QED) is 0.919. The minimum atomic E-state index is -0.890. The molecule has 1 aliphatic heterocycles. The summed E-state index contributed by atoms with van der Waals surface area (Å²) in [5.41, 5.74) is 0.562. The second-order valence-corrected chi connectivity index (χ2v) is 5.36. The van der Waals surface area contributed by atoms with E-state index in [0.29, 0.717) is 17.3 Å². The van der Waals surface area contributed by atoms with Crippen molar-refractivity contribution in [2.45, 2.75) is 18.9 Å². The molecule has 7 heteroatoms. The molecule has 1 aliphatic rings. The fourth-order valence-electron chi connectivity index (χ4n) is 2.59. The van der Waals surface area contributed by atoms with Crippen molar-refractivity contribution in [1.29, 1.82) is 0 Å². The normalized spacial score (nSPS) is 17.5. The number of halogens is 2. The molecule has 0 radical (unpaired) electrons. The van der Waals surface area contributed by atoms with Crippen LogP contribution in [0.5, 0.6) is 0 Å². The van der Waals surface area contributed by atoms with E-state index in [1.807, 2.05) is 0 Å². The van der Waals surface area contributed by atoms with Gasteiger partial charge in [-0.3, -0.25) is 0 Å². The van der Waals surface area contributed by atoms with Crippen molar-refractivity contribution in [1.82, 2.24) is 15.5 Å². The SMILES string of the molecule is Fc1ccc([C@H](NCC2CCOCC2)c2ncon2)cc1F. The van der Waals surface area contributed by atoms with E-state index in [-0.39, 0.29) is 0 Å². The van der Waals surface area contributed by atoms with E-state index in [4.69, 9.17) is 9.26 Å². The maximum absolute atomic E-state index is 13.5. The third kappa shape index (κ3) is 3.48. The van der Waals surface area contributed by atoms with E-state index in [9.17, 15) is 8.78 Å². The van der Waals surface area contributed by atoms with Gasteiger partial charge in [0.2, 0.25) is 6.39 Å². The van der Waals surface area contributed by atoms with Gasteiger partial charge < -0.3 is 14.6 Å². The Bertz CT molecular complexity index is 601. The minimum Gasteiger partial charge on any atom is -0.381 e. The maximum Gasteiger partial charge on any atom is 0.213 e. The van der Waals surface area contributed by atoms with Crippen molar-refractivity contribution in [3.05, 3.63) is 47.6 Å². The molecule has 1 atom stereocenters. The molecule has 1 aromatic heterocycles. The van der Waals surface area contributed by atoms with E-state index in [0.717, 1.165) is 44.7 Å². The first kappa shape index (κ1) is 15.1. The van der Waals surface area contributed by atoms with Crippen molar-refractivity contribution < 1.29 is 18.0 Å². The van der Waals surface area contributed by atoms with E-state index < -0.39 is 17.7 Å². The molecule has 0 spiro atoms. The summed E-state index contributed by atoms with van der Waals surface area (Å²) >= 11 is 0. The molecule has 1 N–H and O–H groups in total. The van der Waals surface area contributed by atoms with Gasteiger partial charge in [-0.15, -0.1) is 0 Å². The van der Waals surface area contributed by atoms with Crippen molar-refractivity contribution >= 4 is 0 Å². The van der Waals surface area contributed by atoms with Gasteiger partial charge in [-0.05, 0) is 43.0 Å². The zero-order valence-corrected chi connectivity index (χ0v) is 12.0. The van der Waals surface area contributed by atoms with Crippen LogP contribution in [0, 0.1) is 17.6 Å². The third-order valence-corrected chi connectivity index (χ3v) is 3.87. The number of nitrogens with zero attached hydrogens (tertiary/aromatic N) is 2. The highest BCUT2D eigenvalue weighted by molar-refractivity contribution is 5.25. The number of rotatable bonds is 5. The summed E-state index contributed by atoms with van der Waals surface area (Å²) in [5, 5.41) is 7.14. The summed E-state index contributed by atoms with van der Waals surface area (Å²) in [5.74, 6) is -0.884. The molecule has 22 heavy (non-hydrogen) atoms. The minimum absolute atomic E-state index is 0.401. The van der Waals surface area contributed by atoms with Gasteiger partial charge in [-0.2, -0.15) is 4.98 Å². The van der Waals surface area contributed by atoms with Gasteiger partial charge in [0.1, 0.15) is 0 Å². The van der Waals surface area contributed by atoms with Crippen LogP contribution in [-0.2, 0) is 4.74 Å².